The molecule has 5 amide bonds. The molecule has 10 nitrogen and oxygen atoms in total. The number of carbonyl (C=O) groups is 5. The number of nitrogens with one attached hydrogen (secondary N) is 2. The Labute approximate surface area is 235 Å². The number of aryl methyl sites for hydroxylation is 2. The Hall–Kier alpha value is -4.86. The van der Waals surface area contributed by atoms with Crippen LogP contribution in [-0.2, 0) is 20.8 Å². The molecule has 2 aromatic carbocycles. The molecular weight excluding hydrogens is 522 g/mol. The lowest BCUT2D eigenvalue weighted by Gasteiger charge is -2.31. The Morgan fingerprint density at radius 2 is 1.68 bits per heavy atom. The summed E-state index contributed by atoms with van der Waals surface area (Å²) in [6.45, 7) is 1.92. The van der Waals surface area contributed by atoms with Crippen LogP contribution < -0.4 is 15.5 Å². The van der Waals surface area contributed by atoms with Gasteiger partial charge in [0.05, 0.1) is 16.8 Å². The number of carbonyl (C=O) groups excluding carboxylic acids is 5. The van der Waals surface area contributed by atoms with Crippen molar-refractivity contribution in [2.24, 2.45) is 0 Å². The van der Waals surface area contributed by atoms with Crippen LogP contribution in [0.1, 0.15) is 64.1 Å². The first-order valence-corrected chi connectivity index (χ1v) is 13.8. The van der Waals surface area contributed by atoms with Crippen molar-refractivity contribution >= 4 is 46.6 Å². The van der Waals surface area contributed by atoms with Gasteiger partial charge in [-0.15, -0.1) is 0 Å². The SMILES string of the molecule is Cc1cc(-c2cc3c(cc2Nc2cccc4c2C(=O)N([C@H]2CCC(=O)NC2=O)C4=O)N(C2CC2)C(=O)CC3)ccn1. The van der Waals surface area contributed by atoms with Crippen LogP contribution in [-0.4, -0.2) is 51.5 Å². The van der Waals surface area contributed by atoms with Gasteiger partial charge in [-0.05, 0) is 80.1 Å². The average Bonchev–Trinajstić information content (AvgIpc) is 3.75. The van der Waals surface area contributed by atoms with E-state index in [1.165, 1.54) is 0 Å². The van der Waals surface area contributed by atoms with Gasteiger partial charge >= 0.3 is 0 Å². The van der Waals surface area contributed by atoms with E-state index in [0.717, 1.165) is 45.8 Å². The molecule has 0 spiro atoms. The lowest BCUT2D eigenvalue weighted by atomic mass is 9.93. The molecule has 1 saturated heterocycles. The smallest absolute Gasteiger partial charge is 0.264 e. The average molecular weight is 550 g/mol. The number of fused-ring (bicyclic) bond motifs is 2. The predicted octanol–water partition coefficient (Wildman–Crippen LogP) is 3.64. The highest BCUT2D eigenvalue weighted by Gasteiger charge is 2.46. The molecule has 0 radical (unpaired) electrons. The third kappa shape index (κ3) is 4.18. The maximum absolute atomic E-state index is 13.7. The lowest BCUT2D eigenvalue weighted by molar-refractivity contribution is -0.136. The zero-order valence-electron chi connectivity index (χ0n) is 22.4. The second kappa shape index (κ2) is 9.36. The predicted molar refractivity (Wildman–Crippen MR) is 150 cm³/mol. The van der Waals surface area contributed by atoms with Gasteiger partial charge < -0.3 is 10.2 Å². The van der Waals surface area contributed by atoms with E-state index in [-0.39, 0.29) is 35.9 Å². The molecule has 2 fully saturated rings. The van der Waals surface area contributed by atoms with E-state index in [0.29, 0.717) is 24.2 Å². The van der Waals surface area contributed by atoms with Crippen molar-refractivity contribution in [2.45, 2.75) is 57.5 Å². The number of nitrogens with zero attached hydrogens (tertiary/aromatic N) is 3. The number of hydrogen-bond acceptors (Lipinski definition) is 7. The molecule has 3 aliphatic heterocycles. The first-order chi connectivity index (χ1) is 19.8. The highest BCUT2D eigenvalue weighted by molar-refractivity contribution is 6.25. The summed E-state index contributed by atoms with van der Waals surface area (Å²) in [4.78, 5) is 71.5. The van der Waals surface area contributed by atoms with E-state index in [2.05, 4.69) is 21.7 Å². The Morgan fingerprint density at radius 1 is 0.854 bits per heavy atom. The lowest BCUT2D eigenvalue weighted by Crippen LogP contribution is -2.54. The summed E-state index contributed by atoms with van der Waals surface area (Å²) >= 11 is 0. The molecule has 1 atom stereocenters. The van der Waals surface area contributed by atoms with E-state index in [1.807, 2.05) is 30.0 Å². The standard InChI is InChI=1S/C31H27N5O5/c1-16-13-17(11-12-32-16)21-14-18-5-10-27(38)35(19-6-7-19)25(18)15-23(21)33-22-4-2-3-20-28(22)31(41)36(30(20)40)24-8-9-26(37)34-29(24)39/h2-4,11-15,19,24,33H,5-10H2,1H3,(H,34,37,39)/t24-/m0/s1. The zero-order chi connectivity index (χ0) is 28.4. The number of amides is 5. The van der Waals surface area contributed by atoms with E-state index >= 15 is 0 Å². The van der Waals surface area contributed by atoms with Gasteiger partial charge in [0.1, 0.15) is 6.04 Å². The summed E-state index contributed by atoms with van der Waals surface area (Å²) in [5, 5.41) is 5.65. The minimum absolute atomic E-state index is 0.0506. The summed E-state index contributed by atoms with van der Waals surface area (Å²) in [6.07, 6.45) is 4.92. The third-order valence-corrected chi connectivity index (χ3v) is 8.21. The van der Waals surface area contributed by atoms with Crippen LogP contribution in [0.2, 0.25) is 0 Å². The number of hydrogen-bond donors (Lipinski definition) is 2. The van der Waals surface area contributed by atoms with Crippen LogP contribution in [0.15, 0.2) is 48.7 Å². The van der Waals surface area contributed by atoms with Crippen molar-refractivity contribution in [3.63, 3.8) is 0 Å². The fourth-order valence-corrected chi connectivity index (χ4v) is 6.11. The topological polar surface area (TPSA) is 129 Å². The zero-order valence-corrected chi connectivity index (χ0v) is 22.4. The minimum atomic E-state index is -1.05. The van der Waals surface area contributed by atoms with Crippen LogP contribution in [0.5, 0.6) is 0 Å². The van der Waals surface area contributed by atoms with Gasteiger partial charge in [0.25, 0.3) is 11.8 Å². The molecule has 10 heteroatoms. The molecule has 1 aromatic heterocycles. The number of benzene rings is 2. The van der Waals surface area contributed by atoms with Gasteiger partial charge in [-0.3, -0.25) is 39.2 Å². The van der Waals surface area contributed by atoms with Gasteiger partial charge in [-0.2, -0.15) is 0 Å². The highest BCUT2D eigenvalue weighted by atomic mass is 16.2. The second-order valence-corrected chi connectivity index (χ2v) is 11.0. The molecule has 4 aliphatic rings. The molecule has 7 rings (SSSR count). The maximum atomic E-state index is 13.7. The van der Waals surface area contributed by atoms with Gasteiger partial charge in [-0.1, -0.05) is 6.07 Å². The molecule has 41 heavy (non-hydrogen) atoms. The number of imide groups is 2. The first-order valence-electron chi connectivity index (χ1n) is 13.8. The Morgan fingerprint density at radius 3 is 2.44 bits per heavy atom. The minimum Gasteiger partial charge on any atom is -0.354 e. The Balaban J connectivity index is 1.32. The fourth-order valence-electron chi connectivity index (χ4n) is 6.11. The molecule has 206 valence electrons. The van der Waals surface area contributed by atoms with Crippen molar-refractivity contribution in [1.29, 1.82) is 0 Å². The van der Waals surface area contributed by atoms with Crippen LogP contribution >= 0.6 is 0 Å². The van der Waals surface area contributed by atoms with Gasteiger partial charge in [0.2, 0.25) is 17.7 Å². The van der Waals surface area contributed by atoms with Gasteiger partial charge in [0, 0.05) is 47.7 Å². The molecule has 2 N–H and O–H groups in total. The summed E-state index contributed by atoms with van der Waals surface area (Å²) in [7, 11) is 0. The molecular formula is C31H27N5O5. The van der Waals surface area contributed by atoms with E-state index in [1.54, 1.807) is 24.4 Å². The Kier molecular flexibility index (Phi) is 5.74. The number of piperidine rings is 1. The van der Waals surface area contributed by atoms with Gasteiger partial charge in [0.15, 0.2) is 0 Å². The maximum Gasteiger partial charge on any atom is 0.264 e. The van der Waals surface area contributed by atoms with E-state index in [9.17, 15) is 24.0 Å². The van der Waals surface area contributed by atoms with Gasteiger partial charge in [-0.25, -0.2) is 0 Å². The monoisotopic (exact) mass is 549 g/mol. The van der Waals surface area contributed by atoms with Crippen LogP contribution in [0.3, 0.4) is 0 Å². The van der Waals surface area contributed by atoms with Crippen molar-refractivity contribution in [3.8, 4) is 11.1 Å². The van der Waals surface area contributed by atoms with Crippen LogP contribution in [0.25, 0.3) is 11.1 Å². The molecule has 4 heterocycles. The number of anilines is 3. The summed E-state index contributed by atoms with van der Waals surface area (Å²) < 4.78 is 0. The second-order valence-electron chi connectivity index (χ2n) is 11.0. The largest absolute Gasteiger partial charge is 0.354 e. The Bertz CT molecular complexity index is 1690. The molecule has 1 saturated carbocycles. The van der Waals surface area contributed by atoms with E-state index in [4.69, 9.17) is 0 Å². The van der Waals surface area contributed by atoms with Crippen molar-refractivity contribution in [2.75, 3.05) is 10.2 Å². The van der Waals surface area contributed by atoms with Crippen molar-refractivity contribution < 1.29 is 24.0 Å². The fraction of sp³-hybridized carbons (Fsp3) is 0.290. The molecule has 3 aromatic rings. The highest BCUT2D eigenvalue weighted by Crippen LogP contribution is 2.44. The van der Waals surface area contributed by atoms with Crippen LogP contribution in [0.4, 0.5) is 17.1 Å². The summed E-state index contributed by atoms with van der Waals surface area (Å²) in [5.41, 5.74) is 6.08. The number of pyridine rings is 1. The van der Waals surface area contributed by atoms with Crippen molar-refractivity contribution in [1.82, 2.24) is 15.2 Å². The molecule has 1 aliphatic carbocycles. The number of aromatic nitrogens is 1. The quantitative estimate of drug-likeness (QED) is 0.465. The molecule has 0 unspecified atom stereocenters. The summed E-state index contributed by atoms with van der Waals surface area (Å²) in [6, 6.07) is 12.1. The van der Waals surface area contributed by atoms with E-state index < -0.39 is 29.7 Å². The van der Waals surface area contributed by atoms with Crippen LogP contribution in [0, 0.1) is 6.92 Å². The van der Waals surface area contributed by atoms with Crippen molar-refractivity contribution in [3.05, 3.63) is 71.0 Å². The molecule has 0 bridgehead atoms. The summed E-state index contributed by atoms with van der Waals surface area (Å²) in [5.74, 6) is -2.12. The first kappa shape index (κ1) is 25.1. The third-order valence-electron chi connectivity index (χ3n) is 8.21. The normalized spacial score (nSPS) is 20.2. The number of rotatable bonds is 5.